The van der Waals surface area contributed by atoms with Crippen molar-refractivity contribution in [3.63, 3.8) is 0 Å². The van der Waals surface area contributed by atoms with Crippen molar-refractivity contribution >= 4 is 175 Å². The number of nitrogens with zero attached hydrogens (tertiary/aromatic N) is 16. The molecule has 624 valence electrons. The summed E-state index contributed by atoms with van der Waals surface area (Å²) in [6.07, 6.45) is 1.49. The number of amidine groups is 4. The highest BCUT2D eigenvalue weighted by molar-refractivity contribution is 9.11. The first kappa shape index (κ1) is 87.4. The Kier molecular flexibility index (Phi) is 29.6. The van der Waals surface area contributed by atoms with Gasteiger partial charge in [-0.25, -0.2) is 81.5 Å². The zero-order chi connectivity index (χ0) is 83.2. The number of benzene rings is 4. The lowest BCUT2D eigenvalue weighted by Crippen LogP contribution is -2.58. The summed E-state index contributed by atoms with van der Waals surface area (Å²) < 4.78 is 159. The zero-order valence-corrected chi connectivity index (χ0v) is 68.7. The van der Waals surface area contributed by atoms with E-state index in [1.54, 1.807) is 6.92 Å². The van der Waals surface area contributed by atoms with Crippen LogP contribution in [0, 0.1) is 46.9 Å². The third kappa shape index (κ3) is 22.1. The normalized spacial score (nSPS) is 17.0. The Morgan fingerprint density at radius 3 is 1.00 bits per heavy atom. The number of amides is 2. The molecule has 14 rings (SSSR count). The highest BCUT2D eigenvalue weighted by atomic mass is 79.9. The van der Waals surface area contributed by atoms with Gasteiger partial charge in [0, 0.05) is 102 Å². The average Bonchev–Trinajstić information content (AvgIpc) is 1.50. The van der Waals surface area contributed by atoms with Gasteiger partial charge in [0.15, 0.2) is 46.1 Å². The highest BCUT2D eigenvalue weighted by Gasteiger charge is 2.46. The monoisotopic (exact) mass is 1940 g/mol. The number of hydroxylamine groups is 4. The lowest BCUT2D eigenvalue weighted by atomic mass is 10.00. The number of carbonyl (C=O) groups excluding carboxylic acids is 2. The number of likely N-dealkylation sites (tertiary alicyclic amines) is 1. The molecule has 4 aromatic carbocycles. The van der Waals surface area contributed by atoms with Crippen molar-refractivity contribution < 1.29 is 101 Å². The molecule has 1 saturated carbocycles. The van der Waals surface area contributed by atoms with Crippen LogP contribution < -0.4 is 48.9 Å². The Labute approximate surface area is 688 Å². The molecule has 116 heavy (non-hydrogen) atoms. The zero-order valence-electron chi connectivity index (χ0n) is 59.9. The van der Waals surface area contributed by atoms with E-state index in [0.717, 1.165) is 12.8 Å². The van der Waals surface area contributed by atoms with E-state index < -0.39 is 70.7 Å². The number of nitrogens with one attached hydrogen (secondary N) is 8. The smallest absolute Gasteiger partial charge is 0.338 e. The number of ether oxygens (including phenoxy) is 1. The van der Waals surface area contributed by atoms with E-state index in [1.807, 2.05) is 21.9 Å². The highest BCUT2D eigenvalue weighted by Crippen LogP contribution is 2.36. The van der Waals surface area contributed by atoms with Gasteiger partial charge in [-0.3, -0.25) is 56.5 Å². The van der Waals surface area contributed by atoms with E-state index in [4.69, 9.17) is 33.2 Å². The average molecular weight is 1940 g/mol. The van der Waals surface area contributed by atoms with Crippen LogP contribution in [0.15, 0.2) is 129 Å². The molecule has 8 aromatic rings. The molecule has 4 aromatic heterocycles. The molecule has 0 atom stereocenters. The van der Waals surface area contributed by atoms with Gasteiger partial charge in [-0.2, -0.15) is 12.7 Å². The molecule has 2 amide bonds. The van der Waals surface area contributed by atoms with Gasteiger partial charge in [0.2, 0.25) is 43.3 Å². The quantitative estimate of drug-likeness (QED) is 0.0106. The summed E-state index contributed by atoms with van der Waals surface area (Å²) in [4.78, 5) is 40.3. The molecule has 1 aliphatic carbocycles. The number of aromatic nitrogens is 8. The van der Waals surface area contributed by atoms with Crippen molar-refractivity contribution in [2.75, 3.05) is 120 Å². The van der Waals surface area contributed by atoms with Gasteiger partial charge in [-0.1, -0.05) is 0 Å². The Morgan fingerprint density at radius 1 is 0.466 bits per heavy atom. The summed E-state index contributed by atoms with van der Waals surface area (Å²) in [5.41, 5.74) is 14.5. The van der Waals surface area contributed by atoms with Crippen molar-refractivity contribution in [3.05, 3.63) is 137 Å². The molecule has 6 fully saturated rings. The summed E-state index contributed by atoms with van der Waals surface area (Å²) >= 11 is 12.3. The fourth-order valence-electron chi connectivity index (χ4n) is 11.0. The van der Waals surface area contributed by atoms with Crippen LogP contribution in [0.4, 0.5) is 63.6 Å². The van der Waals surface area contributed by atoms with Gasteiger partial charge < -0.3 is 36.6 Å². The molecule has 43 nitrogen and oxygen atoms in total. The van der Waals surface area contributed by atoms with Crippen LogP contribution in [-0.4, -0.2) is 249 Å². The number of anilines is 4. The van der Waals surface area contributed by atoms with Crippen LogP contribution in [-0.2, 0) is 48.9 Å². The first-order valence-electron chi connectivity index (χ1n) is 34.3. The maximum absolute atomic E-state index is 13.4. The van der Waals surface area contributed by atoms with E-state index in [9.17, 15) is 73.2 Å². The number of rotatable bonds is 27. The van der Waals surface area contributed by atoms with Crippen LogP contribution >= 0.6 is 63.7 Å². The van der Waals surface area contributed by atoms with E-state index in [-0.39, 0.29) is 136 Å². The van der Waals surface area contributed by atoms with E-state index in [0.29, 0.717) is 101 Å². The maximum Gasteiger partial charge on any atom is 0.338 e. The second kappa shape index (κ2) is 39.2. The van der Waals surface area contributed by atoms with Crippen LogP contribution in [0.5, 0.6) is 0 Å². The van der Waals surface area contributed by atoms with Gasteiger partial charge >= 0.3 is 22.1 Å². The number of primary amides is 1. The van der Waals surface area contributed by atoms with Crippen LogP contribution in [0.25, 0.3) is 0 Å². The van der Waals surface area contributed by atoms with Gasteiger partial charge in [0.05, 0.1) is 65.7 Å². The van der Waals surface area contributed by atoms with E-state index in [2.05, 4.69) is 146 Å². The number of aliphatic imine (C=N–C) groups is 4. The van der Waals surface area contributed by atoms with Crippen molar-refractivity contribution in [2.24, 2.45) is 49.4 Å². The molecule has 0 radical (unpaired) electrons. The molecular weight excluding hydrogens is 1870 g/mol. The van der Waals surface area contributed by atoms with E-state index in [1.165, 1.54) is 90.6 Å². The molecule has 0 bridgehead atoms. The molecule has 5 aliphatic heterocycles. The van der Waals surface area contributed by atoms with Crippen molar-refractivity contribution in [2.45, 2.75) is 30.3 Å². The van der Waals surface area contributed by atoms with Crippen LogP contribution in [0.2, 0.25) is 0 Å². The standard InChI is InChI=1S/C16H18BrFN6O5S.C16H18BrFN6O4S.C15H15BrFN7O4.C15H18BrFN6O5S/c17-12-3-10(1-2-13(12)18)20-16(21-25)14-15(23-29-22-14)19-4-9-5-24(6-9)30(26,27)11-7-28-8-11;17-12-5-10(1-4-13(12)18)20-16(21-25)14-15(23-28-22-14)19-6-9-7-24(8-9)29(26,27)11-2-3-11;16-9-3-8(1-2-10(9)17)20-14(21-27)11-13(23-28-22-11)19-4-7-5-24(6-7)15(26)12(18)25;1-2-27-29(25,26)23-7-9(8-23)6-18-14-13(21-28-22-14)15(20-24)19-10-3-4-12(17)11(16)5-10/h1-3,9,11,25H,4-8H2,(H,19,23)(H,20,21);1,4-5,9,11,25H,2-3,6-8H2,(H,19,23)(H,20,21);1-3,7,27H,4-6H2,(H2,18,25)(H,19,23)(H,20,21);3-5,9,24H,2,6-8H2,1H3,(H,18,22)(H,19,20). The van der Waals surface area contributed by atoms with Crippen LogP contribution in [0.1, 0.15) is 42.5 Å². The fraction of sp³-hybridized carbons (Fsp3) is 0.387. The Bertz CT molecular complexity index is 5300. The van der Waals surface area contributed by atoms with Crippen molar-refractivity contribution in [1.29, 1.82) is 0 Å². The summed E-state index contributed by atoms with van der Waals surface area (Å²) in [6.45, 7) is 6.92. The third-order valence-corrected chi connectivity index (χ3v) is 25.9. The van der Waals surface area contributed by atoms with Gasteiger partial charge in [0.1, 0.15) is 28.5 Å². The molecule has 54 heteroatoms. The minimum atomic E-state index is -3.68. The summed E-state index contributed by atoms with van der Waals surface area (Å²) in [7, 11) is -10.1. The van der Waals surface area contributed by atoms with Crippen LogP contribution in [0.3, 0.4) is 0 Å². The summed E-state index contributed by atoms with van der Waals surface area (Å²) in [5, 5.41) is 79.0. The number of halogens is 8. The number of hydrogen-bond acceptors (Lipinski definition) is 34. The molecule has 9 heterocycles. The van der Waals surface area contributed by atoms with Crippen molar-refractivity contribution in [1.82, 2.24) is 81.0 Å². The Hall–Kier alpha value is -9.41. The number of carbonyl (C=O) groups is 2. The van der Waals surface area contributed by atoms with Gasteiger partial charge in [-0.05, 0) is 198 Å². The number of sulfonamides is 2. The predicted molar refractivity (Wildman–Crippen MR) is 412 cm³/mol. The molecule has 6 aliphatic rings. The molecule has 5 saturated heterocycles. The minimum absolute atomic E-state index is 0.0327. The molecule has 0 spiro atoms. The second-order valence-electron chi connectivity index (χ2n) is 25.9. The Morgan fingerprint density at radius 2 is 0.750 bits per heavy atom. The first-order chi connectivity index (χ1) is 55.5. The molecule has 0 unspecified atom stereocenters. The third-order valence-electron chi connectivity index (χ3n) is 17.6. The number of hydrogen-bond donors (Lipinski definition) is 13. The van der Waals surface area contributed by atoms with Crippen molar-refractivity contribution in [3.8, 4) is 0 Å². The Balaban J connectivity index is 0.000000152. The van der Waals surface area contributed by atoms with E-state index >= 15 is 0 Å². The lowest BCUT2D eigenvalue weighted by molar-refractivity contribution is -0.148. The topological polar surface area (TPSA) is 576 Å². The molecular formula is C62H69Br4F4N25O18S3. The van der Waals surface area contributed by atoms with Gasteiger partial charge in [0.25, 0.3) is 0 Å². The predicted octanol–water partition coefficient (Wildman–Crippen LogP) is 5.00. The summed E-state index contributed by atoms with van der Waals surface area (Å²) in [6, 6.07) is 16.3. The maximum atomic E-state index is 13.4. The fourth-order valence-corrected chi connectivity index (χ4v) is 17.5. The second-order valence-corrected chi connectivity index (χ2v) is 35.3. The number of nitrogens with two attached hydrogens (primary N) is 1. The SMILES string of the molecule is CCOS(=O)(=O)N1CC(CNc2nonc2C(=Nc2ccc(F)c(Br)c2)NO)C1.NC(=O)C(=O)N1CC(CNc2nonc2C(=Nc2ccc(F)c(Br)c2)NO)C1.O=S(=O)(C1CC1)N1CC(CNc2nonc2C(=Nc2ccc(F)c(Br)c2)NO)C1.O=S(=O)(C1COC1)N1CC(CNc2nonc2C(=Nc2ccc(F)c(Br)c2)NO)C1. The first-order valence-corrected chi connectivity index (χ1v) is 41.8. The minimum Gasteiger partial charge on any atom is -0.378 e. The molecule has 14 N–H and O–H groups in total. The largest absolute Gasteiger partial charge is 0.378 e. The van der Waals surface area contributed by atoms with Gasteiger partial charge in [-0.15, -0.1) is 0 Å². The lowest BCUT2D eigenvalue weighted by Gasteiger charge is -2.41. The summed E-state index contributed by atoms with van der Waals surface area (Å²) in [5.74, 6) is -2.52.